The zero-order chi connectivity index (χ0) is 14.5. The van der Waals surface area contributed by atoms with E-state index in [4.69, 9.17) is 0 Å². The largest absolute Gasteiger partial charge is 0.394 e. The molecule has 2 rings (SSSR count). The number of hydrogen-bond donors (Lipinski definition) is 2. The Morgan fingerprint density at radius 3 is 2.70 bits per heavy atom. The van der Waals surface area contributed by atoms with Crippen molar-refractivity contribution in [3.8, 4) is 11.4 Å². The number of aliphatic hydroxyl groups is 1. The van der Waals surface area contributed by atoms with Crippen molar-refractivity contribution in [2.45, 2.75) is 33.2 Å². The smallest absolute Gasteiger partial charge is 0.163 e. The van der Waals surface area contributed by atoms with Crippen molar-refractivity contribution in [1.29, 1.82) is 0 Å². The standard InChI is InChI=1S/C15H20N4O/c1-4-13(9-20)18-14-10(2)11(3)17-15(19-14)12-6-5-7-16-8-12/h5-8,13,20H,4,9H2,1-3H3,(H,17,18,19)/t13-/m0/s1. The van der Waals surface area contributed by atoms with E-state index in [1.165, 1.54) is 0 Å². The lowest BCUT2D eigenvalue weighted by Gasteiger charge is -2.18. The minimum absolute atomic E-state index is 0.00440. The highest BCUT2D eigenvalue weighted by Crippen LogP contribution is 2.21. The first-order valence-corrected chi connectivity index (χ1v) is 6.78. The Morgan fingerprint density at radius 1 is 1.30 bits per heavy atom. The quantitative estimate of drug-likeness (QED) is 0.874. The number of aryl methyl sites for hydroxylation is 1. The third-order valence-electron chi connectivity index (χ3n) is 3.36. The Bertz CT molecular complexity index is 568. The first-order chi connectivity index (χ1) is 9.65. The number of pyridine rings is 1. The van der Waals surface area contributed by atoms with Crippen molar-refractivity contribution in [3.05, 3.63) is 35.8 Å². The van der Waals surface area contributed by atoms with Gasteiger partial charge in [0.15, 0.2) is 5.82 Å². The monoisotopic (exact) mass is 272 g/mol. The molecule has 5 nitrogen and oxygen atoms in total. The molecular formula is C15H20N4O. The van der Waals surface area contributed by atoms with E-state index in [0.29, 0.717) is 5.82 Å². The minimum atomic E-state index is 0.00440. The van der Waals surface area contributed by atoms with Crippen LogP contribution in [-0.2, 0) is 0 Å². The molecule has 0 saturated carbocycles. The number of hydrogen-bond acceptors (Lipinski definition) is 5. The van der Waals surface area contributed by atoms with Gasteiger partial charge in [-0.1, -0.05) is 6.92 Å². The maximum Gasteiger partial charge on any atom is 0.163 e. The Balaban J connectivity index is 2.40. The van der Waals surface area contributed by atoms with Crippen LogP contribution in [0.5, 0.6) is 0 Å². The van der Waals surface area contributed by atoms with Crippen LogP contribution in [0.4, 0.5) is 5.82 Å². The van der Waals surface area contributed by atoms with Crippen molar-refractivity contribution >= 4 is 5.82 Å². The summed E-state index contributed by atoms with van der Waals surface area (Å²) in [4.78, 5) is 13.2. The summed E-state index contributed by atoms with van der Waals surface area (Å²) >= 11 is 0. The predicted octanol–water partition coefficient (Wildman–Crippen LogP) is 2.34. The molecular weight excluding hydrogens is 252 g/mol. The fourth-order valence-electron chi connectivity index (χ4n) is 1.86. The van der Waals surface area contributed by atoms with Crippen LogP contribution >= 0.6 is 0 Å². The Kier molecular flexibility index (Phi) is 4.63. The van der Waals surface area contributed by atoms with E-state index in [1.807, 2.05) is 32.9 Å². The van der Waals surface area contributed by atoms with Crippen LogP contribution in [0.25, 0.3) is 11.4 Å². The molecule has 0 aliphatic carbocycles. The van der Waals surface area contributed by atoms with Gasteiger partial charge in [0.2, 0.25) is 0 Å². The molecule has 0 saturated heterocycles. The average molecular weight is 272 g/mol. The first-order valence-electron chi connectivity index (χ1n) is 6.78. The third kappa shape index (κ3) is 3.11. The second-order valence-corrected chi connectivity index (χ2v) is 4.78. The molecule has 2 N–H and O–H groups in total. The predicted molar refractivity (Wildman–Crippen MR) is 79.5 cm³/mol. The van der Waals surface area contributed by atoms with Crippen molar-refractivity contribution in [1.82, 2.24) is 15.0 Å². The van der Waals surface area contributed by atoms with Gasteiger partial charge in [-0.25, -0.2) is 9.97 Å². The minimum Gasteiger partial charge on any atom is -0.394 e. The SMILES string of the molecule is CC[C@@H](CO)Nc1nc(-c2cccnc2)nc(C)c1C. The number of aromatic nitrogens is 3. The fraction of sp³-hybridized carbons (Fsp3) is 0.400. The maximum atomic E-state index is 9.32. The summed E-state index contributed by atoms with van der Waals surface area (Å²) in [7, 11) is 0. The molecule has 0 aromatic carbocycles. The van der Waals surface area contributed by atoms with Crippen molar-refractivity contribution in [2.75, 3.05) is 11.9 Å². The first kappa shape index (κ1) is 14.4. The highest BCUT2D eigenvalue weighted by molar-refractivity contribution is 5.58. The van der Waals surface area contributed by atoms with E-state index >= 15 is 0 Å². The molecule has 0 aliphatic rings. The molecule has 2 aromatic rings. The molecule has 0 spiro atoms. The van der Waals surface area contributed by atoms with Gasteiger partial charge in [0.05, 0.1) is 12.6 Å². The Hall–Kier alpha value is -2.01. The van der Waals surface area contributed by atoms with Gasteiger partial charge in [-0.15, -0.1) is 0 Å². The average Bonchev–Trinajstić information content (AvgIpc) is 2.49. The van der Waals surface area contributed by atoms with Gasteiger partial charge >= 0.3 is 0 Å². The van der Waals surface area contributed by atoms with Crippen LogP contribution in [0.1, 0.15) is 24.6 Å². The van der Waals surface area contributed by atoms with Gasteiger partial charge in [0.25, 0.3) is 0 Å². The normalized spacial score (nSPS) is 12.2. The number of nitrogens with zero attached hydrogens (tertiary/aromatic N) is 3. The molecule has 0 unspecified atom stereocenters. The van der Waals surface area contributed by atoms with Gasteiger partial charge in [0.1, 0.15) is 5.82 Å². The lowest BCUT2D eigenvalue weighted by molar-refractivity contribution is 0.271. The summed E-state index contributed by atoms with van der Waals surface area (Å²) in [5, 5.41) is 12.6. The fourth-order valence-corrected chi connectivity index (χ4v) is 1.86. The van der Waals surface area contributed by atoms with Gasteiger partial charge in [-0.2, -0.15) is 0 Å². The summed E-state index contributed by atoms with van der Waals surface area (Å²) < 4.78 is 0. The van der Waals surface area contributed by atoms with Crippen LogP contribution in [0, 0.1) is 13.8 Å². The van der Waals surface area contributed by atoms with Gasteiger partial charge < -0.3 is 10.4 Å². The van der Waals surface area contributed by atoms with E-state index < -0.39 is 0 Å². The van der Waals surface area contributed by atoms with E-state index in [0.717, 1.165) is 29.1 Å². The summed E-state index contributed by atoms with van der Waals surface area (Å²) in [6, 6.07) is 3.80. The summed E-state index contributed by atoms with van der Waals surface area (Å²) in [6.07, 6.45) is 4.31. The van der Waals surface area contributed by atoms with E-state index in [9.17, 15) is 5.11 Å². The summed E-state index contributed by atoms with van der Waals surface area (Å²) in [5.41, 5.74) is 2.81. The lowest BCUT2D eigenvalue weighted by atomic mass is 10.2. The summed E-state index contributed by atoms with van der Waals surface area (Å²) in [5.74, 6) is 1.42. The second kappa shape index (κ2) is 6.43. The molecule has 2 heterocycles. The second-order valence-electron chi connectivity index (χ2n) is 4.78. The molecule has 0 amide bonds. The van der Waals surface area contributed by atoms with Gasteiger partial charge in [-0.3, -0.25) is 4.98 Å². The van der Waals surface area contributed by atoms with Gasteiger partial charge in [0, 0.05) is 29.2 Å². The highest BCUT2D eigenvalue weighted by Gasteiger charge is 2.12. The maximum absolute atomic E-state index is 9.32. The molecule has 5 heteroatoms. The zero-order valence-electron chi connectivity index (χ0n) is 12.1. The highest BCUT2D eigenvalue weighted by atomic mass is 16.3. The molecule has 1 atom stereocenters. The van der Waals surface area contributed by atoms with Gasteiger partial charge in [-0.05, 0) is 32.4 Å². The van der Waals surface area contributed by atoms with Crippen molar-refractivity contribution in [3.63, 3.8) is 0 Å². The molecule has 0 bridgehead atoms. The van der Waals surface area contributed by atoms with Crippen LogP contribution in [0.2, 0.25) is 0 Å². The molecule has 0 fully saturated rings. The van der Waals surface area contributed by atoms with Crippen LogP contribution in [0.15, 0.2) is 24.5 Å². The van der Waals surface area contributed by atoms with Crippen molar-refractivity contribution in [2.24, 2.45) is 0 Å². The Morgan fingerprint density at radius 2 is 2.10 bits per heavy atom. The third-order valence-corrected chi connectivity index (χ3v) is 3.36. The van der Waals surface area contributed by atoms with E-state index in [2.05, 4.69) is 20.3 Å². The molecule has 20 heavy (non-hydrogen) atoms. The van der Waals surface area contributed by atoms with E-state index in [-0.39, 0.29) is 12.6 Å². The number of anilines is 1. The van der Waals surface area contributed by atoms with Crippen molar-refractivity contribution < 1.29 is 5.11 Å². The number of aliphatic hydroxyl groups excluding tert-OH is 1. The zero-order valence-corrected chi connectivity index (χ0v) is 12.1. The van der Waals surface area contributed by atoms with Crippen LogP contribution in [0.3, 0.4) is 0 Å². The summed E-state index contributed by atoms with van der Waals surface area (Å²) in [6.45, 7) is 6.05. The van der Waals surface area contributed by atoms with E-state index in [1.54, 1.807) is 12.4 Å². The Labute approximate surface area is 119 Å². The topological polar surface area (TPSA) is 70.9 Å². The number of nitrogens with one attached hydrogen (secondary N) is 1. The van der Waals surface area contributed by atoms with Crippen LogP contribution < -0.4 is 5.32 Å². The number of rotatable bonds is 5. The van der Waals surface area contributed by atoms with Crippen LogP contribution in [-0.4, -0.2) is 32.7 Å². The molecule has 0 radical (unpaired) electrons. The molecule has 106 valence electrons. The molecule has 0 aliphatic heterocycles. The molecule has 2 aromatic heterocycles. The lowest BCUT2D eigenvalue weighted by Crippen LogP contribution is -2.24.